The number of carbonyl (C=O) groups excluding carboxylic acids is 1. The summed E-state index contributed by atoms with van der Waals surface area (Å²) >= 11 is 0. The maximum absolute atomic E-state index is 12.3. The Hall–Kier alpha value is -2.63. The van der Waals surface area contributed by atoms with E-state index < -0.39 is 0 Å². The van der Waals surface area contributed by atoms with E-state index in [1.165, 1.54) is 0 Å². The molecule has 1 aliphatic rings. The third-order valence-electron chi connectivity index (χ3n) is 4.37. The number of amides is 1. The molecule has 23 heavy (non-hydrogen) atoms. The fraction of sp³-hybridized carbons (Fsp3) is 0.353. The number of para-hydroxylation sites is 1. The smallest absolute Gasteiger partial charge is 0.316 e. The van der Waals surface area contributed by atoms with Gasteiger partial charge in [0.25, 0.3) is 0 Å². The van der Waals surface area contributed by atoms with E-state index in [2.05, 4.69) is 10.1 Å². The average molecular weight is 311 g/mol. The van der Waals surface area contributed by atoms with Gasteiger partial charge in [0, 0.05) is 24.0 Å². The maximum atomic E-state index is 12.3. The van der Waals surface area contributed by atoms with Gasteiger partial charge < -0.3 is 13.8 Å². The van der Waals surface area contributed by atoms with Crippen LogP contribution in [0.25, 0.3) is 22.6 Å². The molecule has 0 saturated carbocycles. The number of carbonyl (C=O) groups is 1. The second-order valence-electron chi connectivity index (χ2n) is 5.93. The van der Waals surface area contributed by atoms with E-state index in [1.807, 2.05) is 32.0 Å². The molecule has 3 heterocycles. The molecule has 2 aromatic heterocycles. The second-order valence-corrected chi connectivity index (χ2v) is 5.93. The Morgan fingerprint density at radius 1 is 1.22 bits per heavy atom. The fourth-order valence-electron chi connectivity index (χ4n) is 3.06. The number of hydrogen-bond donors (Lipinski definition) is 0. The topological polar surface area (TPSA) is 72.4 Å². The zero-order valence-corrected chi connectivity index (χ0v) is 13.1. The molecule has 6 nitrogen and oxygen atoms in total. The predicted octanol–water partition coefficient (Wildman–Crippen LogP) is 3.34. The Kier molecular flexibility index (Phi) is 3.18. The minimum atomic E-state index is -0.203. The van der Waals surface area contributed by atoms with Gasteiger partial charge in [-0.15, -0.1) is 0 Å². The van der Waals surface area contributed by atoms with Crippen LogP contribution < -0.4 is 0 Å². The van der Waals surface area contributed by atoms with Crippen molar-refractivity contribution in [3.63, 3.8) is 0 Å². The van der Waals surface area contributed by atoms with Crippen molar-refractivity contribution in [1.29, 1.82) is 0 Å². The second kappa shape index (κ2) is 5.22. The van der Waals surface area contributed by atoms with Gasteiger partial charge in [-0.1, -0.05) is 23.4 Å². The first-order chi connectivity index (χ1) is 11.1. The van der Waals surface area contributed by atoms with Crippen molar-refractivity contribution in [1.82, 2.24) is 15.0 Å². The fourth-order valence-corrected chi connectivity index (χ4v) is 3.06. The van der Waals surface area contributed by atoms with Crippen molar-refractivity contribution in [2.24, 2.45) is 0 Å². The number of aryl methyl sites for hydroxylation is 2. The first-order valence-corrected chi connectivity index (χ1v) is 7.77. The molecule has 0 atom stereocenters. The van der Waals surface area contributed by atoms with Crippen molar-refractivity contribution in [3.8, 4) is 11.6 Å². The summed E-state index contributed by atoms with van der Waals surface area (Å²) in [6, 6.07) is 5.98. The quantitative estimate of drug-likeness (QED) is 0.726. The molecule has 1 aliphatic heterocycles. The van der Waals surface area contributed by atoms with E-state index in [0.717, 1.165) is 48.0 Å². The van der Waals surface area contributed by atoms with Crippen LogP contribution in [-0.2, 0) is 0 Å². The lowest BCUT2D eigenvalue weighted by atomic mass is 10.1. The summed E-state index contributed by atoms with van der Waals surface area (Å²) in [5.41, 5.74) is 2.82. The Balaban J connectivity index is 1.73. The van der Waals surface area contributed by atoms with Crippen molar-refractivity contribution >= 4 is 16.9 Å². The first-order valence-electron chi connectivity index (χ1n) is 7.77. The number of furan rings is 1. The number of fused-ring (bicyclic) bond motifs is 1. The van der Waals surface area contributed by atoms with Gasteiger partial charge >= 0.3 is 11.8 Å². The van der Waals surface area contributed by atoms with Crippen molar-refractivity contribution < 1.29 is 13.7 Å². The molecular weight excluding hydrogens is 294 g/mol. The highest BCUT2D eigenvalue weighted by Crippen LogP contribution is 2.33. The molecular formula is C17H17N3O3. The minimum Gasteiger partial charge on any atom is -0.452 e. The molecule has 4 rings (SSSR count). The summed E-state index contributed by atoms with van der Waals surface area (Å²) in [7, 11) is 0. The van der Waals surface area contributed by atoms with E-state index in [-0.39, 0.29) is 11.8 Å². The van der Waals surface area contributed by atoms with Gasteiger partial charge in [0.05, 0.1) is 0 Å². The summed E-state index contributed by atoms with van der Waals surface area (Å²) in [4.78, 5) is 18.3. The summed E-state index contributed by atoms with van der Waals surface area (Å²) in [5, 5.41) is 4.96. The Bertz CT molecular complexity index is 888. The van der Waals surface area contributed by atoms with Crippen LogP contribution in [-0.4, -0.2) is 34.0 Å². The van der Waals surface area contributed by atoms with Crippen LogP contribution in [0.15, 0.2) is 27.1 Å². The van der Waals surface area contributed by atoms with E-state index >= 15 is 0 Å². The van der Waals surface area contributed by atoms with Crippen LogP contribution in [0.5, 0.6) is 0 Å². The monoisotopic (exact) mass is 311 g/mol. The molecule has 0 unspecified atom stereocenters. The molecule has 1 aromatic carbocycles. The summed E-state index contributed by atoms with van der Waals surface area (Å²) in [6.45, 7) is 5.45. The van der Waals surface area contributed by atoms with Gasteiger partial charge in [-0.3, -0.25) is 4.79 Å². The van der Waals surface area contributed by atoms with Gasteiger partial charge in [-0.25, -0.2) is 0 Å². The van der Waals surface area contributed by atoms with Gasteiger partial charge in [-0.05, 0) is 32.3 Å². The number of benzene rings is 1. The SMILES string of the molecule is Cc1c(-c2noc(C(=O)N3CCCC3)n2)oc2c(C)cccc12. The highest BCUT2D eigenvalue weighted by Gasteiger charge is 2.26. The lowest BCUT2D eigenvalue weighted by molar-refractivity contribution is 0.0743. The summed E-state index contributed by atoms with van der Waals surface area (Å²) < 4.78 is 11.1. The Morgan fingerprint density at radius 3 is 2.74 bits per heavy atom. The van der Waals surface area contributed by atoms with Crippen LogP contribution in [0.4, 0.5) is 0 Å². The summed E-state index contributed by atoms with van der Waals surface area (Å²) in [6.07, 6.45) is 2.05. The van der Waals surface area contributed by atoms with Crippen molar-refractivity contribution in [3.05, 3.63) is 35.2 Å². The van der Waals surface area contributed by atoms with E-state index in [0.29, 0.717) is 11.6 Å². The molecule has 118 valence electrons. The zero-order chi connectivity index (χ0) is 16.0. The van der Waals surface area contributed by atoms with Gasteiger partial charge in [0.1, 0.15) is 5.58 Å². The average Bonchev–Trinajstić information content (AvgIpc) is 3.27. The maximum Gasteiger partial charge on any atom is 0.316 e. The molecule has 3 aromatic rings. The van der Waals surface area contributed by atoms with Crippen LogP contribution in [0.3, 0.4) is 0 Å². The molecule has 1 fully saturated rings. The van der Waals surface area contributed by atoms with Crippen LogP contribution in [0.1, 0.15) is 34.7 Å². The molecule has 1 amide bonds. The predicted molar refractivity (Wildman–Crippen MR) is 84.1 cm³/mol. The number of likely N-dealkylation sites (tertiary alicyclic amines) is 1. The van der Waals surface area contributed by atoms with Crippen LogP contribution >= 0.6 is 0 Å². The third-order valence-corrected chi connectivity index (χ3v) is 4.37. The largest absolute Gasteiger partial charge is 0.452 e. The normalized spacial score (nSPS) is 14.8. The lowest BCUT2D eigenvalue weighted by Gasteiger charge is -2.10. The van der Waals surface area contributed by atoms with Gasteiger partial charge in [-0.2, -0.15) is 4.98 Å². The minimum absolute atomic E-state index is 0.0264. The van der Waals surface area contributed by atoms with Crippen LogP contribution in [0, 0.1) is 13.8 Å². The Labute approximate surface area is 133 Å². The molecule has 0 bridgehead atoms. The number of hydrogen-bond acceptors (Lipinski definition) is 5. The molecule has 0 radical (unpaired) electrons. The van der Waals surface area contributed by atoms with Crippen molar-refractivity contribution in [2.45, 2.75) is 26.7 Å². The first kappa shape index (κ1) is 14.0. The highest BCUT2D eigenvalue weighted by atomic mass is 16.5. The highest BCUT2D eigenvalue weighted by molar-refractivity contribution is 5.91. The summed E-state index contributed by atoms with van der Waals surface area (Å²) in [5.74, 6) is 0.698. The molecule has 0 aliphatic carbocycles. The lowest BCUT2D eigenvalue weighted by Crippen LogP contribution is -2.27. The number of aromatic nitrogens is 2. The van der Waals surface area contributed by atoms with E-state index in [1.54, 1.807) is 4.90 Å². The van der Waals surface area contributed by atoms with Gasteiger partial charge in [0.15, 0.2) is 5.76 Å². The molecule has 1 saturated heterocycles. The van der Waals surface area contributed by atoms with Crippen molar-refractivity contribution in [2.75, 3.05) is 13.1 Å². The number of nitrogens with zero attached hydrogens (tertiary/aromatic N) is 3. The molecule has 0 spiro atoms. The zero-order valence-electron chi connectivity index (χ0n) is 13.1. The standard InChI is InChI=1S/C17H17N3O3/c1-10-6-5-7-12-11(2)14(22-13(10)12)15-18-16(23-19-15)17(21)20-8-3-4-9-20/h5-7H,3-4,8-9H2,1-2H3. The number of rotatable bonds is 2. The van der Waals surface area contributed by atoms with Crippen LogP contribution in [0.2, 0.25) is 0 Å². The molecule has 6 heteroatoms. The van der Waals surface area contributed by atoms with Gasteiger partial charge in [0.2, 0.25) is 5.82 Å². The van der Waals surface area contributed by atoms with E-state index in [9.17, 15) is 4.79 Å². The van der Waals surface area contributed by atoms with E-state index in [4.69, 9.17) is 8.94 Å². The molecule has 0 N–H and O–H groups in total. The Morgan fingerprint density at radius 2 is 2.00 bits per heavy atom. The third kappa shape index (κ3) is 2.21.